The second kappa shape index (κ2) is 7.27. The molecule has 4 nitrogen and oxygen atoms in total. The third-order valence-electron chi connectivity index (χ3n) is 2.04. The monoisotopic (exact) mass is 240 g/mol. The molecule has 0 unspecified atom stereocenters. The molecule has 0 atom stereocenters. The molecule has 1 aromatic carbocycles. The molecule has 0 aromatic heterocycles. The largest absolute Gasteiger partial charge is 0.396 e. The highest BCUT2D eigenvalue weighted by Crippen LogP contribution is 2.14. The molecule has 5 heteroatoms. The van der Waals surface area contributed by atoms with Crippen molar-refractivity contribution >= 4 is 17.7 Å². The molecular weight excluding hydrogens is 224 g/mol. The van der Waals surface area contributed by atoms with Gasteiger partial charge >= 0.3 is 0 Å². The second-order valence-electron chi connectivity index (χ2n) is 3.30. The van der Waals surface area contributed by atoms with Crippen LogP contribution in [-0.4, -0.2) is 23.4 Å². The van der Waals surface area contributed by atoms with Gasteiger partial charge in [0, 0.05) is 17.9 Å². The molecule has 0 saturated carbocycles. The molecule has 0 aliphatic rings. The van der Waals surface area contributed by atoms with E-state index in [1.807, 2.05) is 18.2 Å². The van der Waals surface area contributed by atoms with E-state index in [1.54, 1.807) is 17.8 Å². The SMILES string of the molecule is NNC(=O)c1cccc(CSCCCO)c1. The van der Waals surface area contributed by atoms with Crippen molar-refractivity contribution in [3.63, 3.8) is 0 Å². The third kappa shape index (κ3) is 4.22. The van der Waals surface area contributed by atoms with Crippen LogP contribution in [0.4, 0.5) is 0 Å². The van der Waals surface area contributed by atoms with E-state index in [-0.39, 0.29) is 12.5 Å². The lowest BCUT2D eigenvalue weighted by Gasteiger charge is -2.04. The summed E-state index contributed by atoms with van der Waals surface area (Å²) in [6.45, 7) is 0.225. The fraction of sp³-hybridized carbons (Fsp3) is 0.364. The predicted octanol–water partition coefficient (Wildman–Crippen LogP) is 0.906. The van der Waals surface area contributed by atoms with Gasteiger partial charge < -0.3 is 5.11 Å². The number of nitrogen functional groups attached to an aromatic ring is 1. The minimum absolute atomic E-state index is 0.225. The van der Waals surface area contributed by atoms with Crippen molar-refractivity contribution in [3.8, 4) is 0 Å². The molecule has 1 amide bonds. The average Bonchev–Trinajstić information content (AvgIpc) is 2.34. The first kappa shape index (κ1) is 13.0. The standard InChI is InChI=1S/C11H16N2O2S/c12-13-11(15)10-4-1-3-9(7-10)8-16-6-2-5-14/h1,3-4,7,14H,2,5-6,8,12H2,(H,13,15). The first-order valence-corrected chi connectivity index (χ1v) is 6.22. The molecule has 0 bridgehead atoms. The molecule has 16 heavy (non-hydrogen) atoms. The molecule has 0 saturated heterocycles. The lowest BCUT2D eigenvalue weighted by atomic mass is 10.1. The van der Waals surface area contributed by atoms with Gasteiger partial charge in [-0.2, -0.15) is 11.8 Å². The fourth-order valence-corrected chi connectivity index (χ4v) is 2.14. The summed E-state index contributed by atoms with van der Waals surface area (Å²) in [4.78, 5) is 11.3. The molecule has 0 spiro atoms. The van der Waals surface area contributed by atoms with Gasteiger partial charge in [-0.05, 0) is 29.9 Å². The van der Waals surface area contributed by atoms with E-state index in [0.717, 1.165) is 23.5 Å². The van der Waals surface area contributed by atoms with Gasteiger partial charge in [0.05, 0.1) is 0 Å². The van der Waals surface area contributed by atoms with Crippen molar-refractivity contribution < 1.29 is 9.90 Å². The number of hydrogen-bond donors (Lipinski definition) is 3. The zero-order valence-electron chi connectivity index (χ0n) is 8.98. The Kier molecular flexibility index (Phi) is 5.92. The lowest BCUT2D eigenvalue weighted by molar-refractivity contribution is 0.0953. The highest BCUT2D eigenvalue weighted by atomic mass is 32.2. The van der Waals surface area contributed by atoms with Crippen LogP contribution in [0, 0.1) is 0 Å². The van der Waals surface area contributed by atoms with Gasteiger partial charge in [-0.1, -0.05) is 12.1 Å². The number of rotatable bonds is 6. The summed E-state index contributed by atoms with van der Waals surface area (Å²) < 4.78 is 0. The van der Waals surface area contributed by atoms with Gasteiger partial charge in [-0.15, -0.1) is 0 Å². The number of aliphatic hydroxyl groups is 1. The lowest BCUT2D eigenvalue weighted by Crippen LogP contribution is -2.29. The minimum atomic E-state index is -0.276. The number of carbonyl (C=O) groups excluding carboxylic acids is 1. The Balaban J connectivity index is 2.50. The van der Waals surface area contributed by atoms with E-state index >= 15 is 0 Å². The summed E-state index contributed by atoms with van der Waals surface area (Å²) >= 11 is 1.74. The Morgan fingerprint density at radius 2 is 2.31 bits per heavy atom. The molecule has 88 valence electrons. The molecule has 0 fully saturated rings. The van der Waals surface area contributed by atoms with Crippen LogP contribution in [-0.2, 0) is 5.75 Å². The number of aliphatic hydroxyl groups excluding tert-OH is 1. The Bertz CT molecular complexity index is 345. The first-order valence-electron chi connectivity index (χ1n) is 5.06. The Hall–Kier alpha value is -1.04. The van der Waals surface area contributed by atoms with Gasteiger partial charge in [0.1, 0.15) is 0 Å². The number of hydrazine groups is 1. The van der Waals surface area contributed by atoms with Crippen molar-refractivity contribution in [2.75, 3.05) is 12.4 Å². The van der Waals surface area contributed by atoms with Crippen LogP contribution in [0.1, 0.15) is 22.3 Å². The highest BCUT2D eigenvalue weighted by molar-refractivity contribution is 7.98. The minimum Gasteiger partial charge on any atom is -0.396 e. The van der Waals surface area contributed by atoms with Crippen LogP contribution in [0.2, 0.25) is 0 Å². The number of hydrogen-bond acceptors (Lipinski definition) is 4. The van der Waals surface area contributed by atoms with Gasteiger partial charge in [0.2, 0.25) is 0 Å². The van der Waals surface area contributed by atoms with Gasteiger partial charge in [-0.3, -0.25) is 10.2 Å². The summed E-state index contributed by atoms with van der Waals surface area (Å²) in [5.74, 6) is 6.54. The van der Waals surface area contributed by atoms with E-state index in [9.17, 15) is 4.79 Å². The zero-order chi connectivity index (χ0) is 11.8. The molecule has 1 rings (SSSR count). The summed E-state index contributed by atoms with van der Waals surface area (Å²) in [6, 6.07) is 7.37. The van der Waals surface area contributed by atoms with Crippen molar-refractivity contribution in [2.45, 2.75) is 12.2 Å². The number of nitrogens with one attached hydrogen (secondary N) is 1. The molecule has 0 heterocycles. The van der Waals surface area contributed by atoms with Crippen molar-refractivity contribution in [2.24, 2.45) is 5.84 Å². The Labute approximate surface area is 99.2 Å². The molecule has 4 N–H and O–H groups in total. The fourth-order valence-electron chi connectivity index (χ4n) is 1.24. The van der Waals surface area contributed by atoms with Crippen LogP contribution in [0.5, 0.6) is 0 Å². The first-order chi connectivity index (χ1) is 7.77. The number of benzene rings is 1. The molecule has 1 aromatic rings. The summed E-state index contributed by atoms with van der Waals surface area (Å²) in [5, 5.41) is 8.63. The van der Waals surface area contributed by atoms with Crippen molar-refractivity contribution in [3.05, 3.63) is 35.4 Å². The quantitative estimate of drug-likeness (QED) is 0.299. The second-order valence-corrected chi connectivity index (χ2v) is 4.41. The maximum Gasteiger partial charge on any atom is 0.265 e. The summed E-state index contributed by atoms with van der Waals surface area (Å²) in [5.41, 5.74) is 3.77. The smallest absolute Gasteiger partial charge is 0.265 e. The van der Waals surface area contributed by atoms with Crippen LogP contribution in [0.3, 0.4) is 0 Å². The summed E-state index contributed by atoms with van der Waals surface area (Å²) in [6.07, 6.45) is 0.799. The Morgan fingerprint density at radius 1 is 1.50 bits per heavy atom. The normalized spacial score (nSPS) is 10.1. The van der Waals surface area contributed by atoms with Crippen LogP contribution in [0.25, 0.3) is 0 Å². The van der Waals surface area contributed by atoms with Crippen molar-refractivity contribution in [1.82, 2.24) is 5.43 Å². The topological polar surface area (TPSA) is 75.3 Å². The van der Waals surface area contributed by atoms with E-state index in [2.05, 4.69) is 5.43 Å². The van der Waals surface area contributed by atoms with Gasteiger partial charge in [0.15, 0.2) is 0 Å². The van der Waals surface area contributed by atoms with Crippen LogP contribution >= 0.6 is 11.8 Å². The number of carbonyl (C=O) groups is 1. The van der Waals surface area contributed by atoms with Crippen LogP contribution in [0.15, 0.2) is 24.3 Å². The number of amides is 1. The maximum absolute atomic E-state index is 11.3. The Morgan fingerprint density at radius 3 is 3.00 bits per heavy atom. The van der Waals surface area contributed by atoms with E-state index < -0.39 is 0 Å². The molecule has 0 aliphatic heterocycles. The maximum atomic E-state index is 11.3. The van der Waals surface area contributed by atoms with E-state index in [1.165, 1.54) is 0 Å². The number of nitrogens with two attached hydrogens (primary N) is 1. The molecule has 0 aliphatic carbocycles. The number of thioether (sulfide) groups is 1. The zero-order valence-corrected chi connectivity index (χ0v) is 9.80. The average molecular weight is 240 g/mol. The van der Waals surface area contributed by atoms with E-state index in [0.29, 0.717) is 5.56 Å². The molecule has 0 radical (unpaired) electrons. The van der Waals surface area contributed by atoms with Crippen molar-refractivity contribution in [1.29, 1.82) is 0 Å². The highest BCUT2D eigenvalue weighted by Gasteiger charge is 2.03. The summed E-state index contributed by atoms with van der Waals surface area (Å²) in [7, 11) is 0. The molecular formula is C11H16N2O2S. The van der Waals surface area contributed by atoms with Gasteiger partial charge in [0.25, 0.3) is 5.91 Å². The van der Waals surface area contributed by atoms with Crippen LogP contribution < -0.4 is 11.3 Å². The van der Waals surface area contributed by atoms with Gasteiger partial charge in [-0.25, -0.2) is 5.84 Å². The predicted molar refractivity (Wildman–Crippen MR) is 66.0 cm³/mol. The van der Waals surface area contributed by atoms with E-state index in [4.69, 9.17) is 10.9 Å². The third-order valence-corrected chi connectivity index (χ3v) is 3.15.